The molecule has 1 aromatic heterocycles. The number of rotatable bonds is 4. The van der Waals surface area contributed by atoms with Gasteiger partial charge in [-0.1, -0.05) is 13.0 Å². The van der Waals surface area contributed by atoms with Crippen LogP contribution in [-0.2, 0) is 14.8 Å². The third kappa shape index (κ3) is 3.45. The second-order valence-corrected chi connectivity index (χ2v) is 9.36. The first-order valence-electron chi connectivity index (χ1n) is 8.06. The summed E-state index contributed by atoms with van der Waals surface area (Å²) in [6.45, 7) is 4.25. The Kier molecular flexibility index (Phi) is 5.05. The fourth-order valence-corrected chi connectivity index (χ4v) is 6.05. The van der Waals surface area contributed by atoms with Gasteiger partial charge < -0.3 is 10.6 Å². The number of thiophene rings is 1. The molecule has 1 aromatic rings. The second-order valence-electron chi connectivity index (χ2n) is 6.29. The fourth-order valence-electron chi connectivity index (χ4n) is 3.28. The zero-order valence-electron chi connectivity index (χ0n) is 13.2. The molecular weight excluding hydrogens is 334 g/mol. The van der Waals surface area contributed by atoms with Gasteiger partial charge in [-0.2, -0.15) is 4.31 Å². The molecule has 0 bridgehead atoms. The molecule has 2 saturated heterocycles. The van der Waals surface area contributed by atoms with Gasteiger partial charge in [-0.15, -0.1) is 11.3 Å². The van der Waals surface area contributed by atoms with Crippen LogP contribution in [0.5, 0.6) is 0 Å². The summed E-state index contributed by atoms with van der Waals surface area (Å²) in [5.41, 5.74) is 0. The third-order valence-electron chi connectivity index (χ3n) is 4.72. The van der Waals surface area contributed by atoms with Gasteiger partial charge in [-0.05, 0) is 43.2 Å². The highest BCUT2D eigenvalue weighted by molar-refractivity contribution is 7.91. The van der Waals surface area contributed by atoms with Crippen LogP contribution < -0.4 is 10.6 Å². The van der Waals surface area contributed by atoms with Crippen molar-refractivity contribution in [1.82, 2.24) is 14.9 Å². The maximum Gasteiger partial charge on any atom is 0.253 e. The number of amides is 1. The second kappa shape index (κ2) is 6.88. The number of nitrogens with zero attached hydrogens (tertiary/aromatic N) is 1. The van der Waals surface area contributed by atoms with E-state index in [-0.39, 0.29) is 11.9 Å². The molecule has 1 amide bonds. The van der Waals surface area contributed by atoms with Crippen molar-refractivity contribution in [2.75, 3.05) is 19.6 Å². The molecule has 0 aliphatic carbocycles. The third-order valence-corrected chi connectivity index (χ3v) is 8.00. The summed E-state index contributed by atoms with van der Waals surface area (Å²) in [5, 5.41) is 8.08. The van der Waals surface area contributed by atoms with Crippen LogP contribution in [0, 0.1) is 5.92 Å². The van der Waals surface area contributed by atoms with Crippen molar-refractivity contribution in [3.63, 3.8) is 0 Å². The molecule has 23 heavy (non-hydrogen) atoms. The number of hydrogen-bond donors (Lipinski definition) is 2. The molecule has 128 valence electrons. The quantitative estimate of drug-likeness (QED) is 0.843. The summed E-state index contributed by atoms with van der Waals surface area (Å²) in [6, 6.07) is 2.80. The Bertz CT molecular complexity index is 645. The average molecular weight is 358 g/mol. The van der Waals surface area contributed by atoms with Gasteiger partial charge in [0.15, 0.2) is 0 Å². The number of carbonyl (C=O) groups excluding carboxylic acids is 1. The van der Waals surface area contributed by atoms with Crippen LogP contribution in [0.2, 0.25) is 0 Å². The van der Waals surface area contributed by atoms with Crippen LogP contribution in [0.4, 0.5) is 0 Å². The predicted octanol–water partition coefficient (Wildman–Crippen LogP) is 1.02. The lowest BCUT2D eigenvalue weighted by Crippen LogP contribution is -2.55. The van der Waals surface area contributed by atoms with Crippen molar-refractivity contribution in [1.29, 1.82) is 0 Å². The van der Waals surface area contributed by atoms with Gasteiger partial charge in [0.25, 0.3) is 10.0 Å². The Hall–Kier alpha value is -0.960. The van der Waals surface area contributed by atoms with Crippen molar-refractivity contribution < 1.29 is 13.2 Å². The number of sulfonamides is 1. The van der Waals surface area contributed by atoms with E-state index in [0.717, 1.165) is 25.9 Å². The van der Waals surface area contributed by atoms with E-state index in [2.05, 4.69) is 17.6 Å². The molecule has 8 heteroatoms. The Morgan fingerprint density at radius 2 is 2.26 bits per heavy atom. The van der Waals surface area contributed by atoms with Crippen LogP contribution in [-0.4, -0.2) is 50.3 Å². The minimum Gasteiger partial charge on any atom is -0.350 e. The van der Waals surface area contributed by atoms with Gasteiger partial charge in [-0.25, -0.2) is 8.42 Å². The van der Waals surface area contributed by atoms with Crippen LogP contribution in [0.25, 0.3) is 0 Å². The van der Waals surface area contributed by atoms with Crippen LogP contribution in [0.3, 0.4) is 0 Å². The lowest BCUT2D eigenvalue weighted by atomic mass is 9.94. The van der Waals surface area contributed by atoms with Crippen molar-refractivity contribution >= 4 is 27.3 Å². The smallest absolute Gasteiger partial charge is 0.253 e. The highest BCUT2D eigenvalue weighted by Gasteiger charge is 2.40. The van der Waals surface area contributed by atoms with Crippen LogP contribution in [0.1, 0.15) is 26.2 Å². The highest BCUT2D eigenvalue weighted by Crippen LogP contribution is 2.28. The summed E-state index contributed by atoms with van der Waals surface area (Å²) in [6.07, 6.45) is 2.33. The summed E-state index contributed by atoms with van der Waals surface area (Å²) >= 11 is 1.20. The van der Waals surface area contributed by atoms with Gasteiger partial charge >= 0.3 is 0 Å². The van der Waals surface area contributed by atoms with Gasteiger partial charge in [0.1, 0.15) is 10.3 Å². The molecule has 6 nitrogen and oxygen atoms in total. The van der Waals surface area contributed by atoms with E-state index in [9.17, 15) is 13.2 Å². The van der Waals surface area contributed by atoms with Crippen molar-refractivity contribution in [3.05, 3.63) is 17.5 Å². The first kappa shape index (κ1) is 16.9. The molecule has 2 fully saturated rings. The molecule has 0 saturated carbocycles. The summed E-state index contributed by atoms with van der Waals surface area (Å²) in [5.74, 6) is 0.243. The number of nitrogens with one attached hydrogen (secondary N) is 2. The standard InChI is InChI=1S/C15H23N3O3S2/c1-11-6-7-16-10-12(11)17-15(19)13-4-2-8-18(13)23(20,21)14-5-3-9-22-14/h3,5,9,11-13,16H,2,4,6-8,10H2,1H3,(H,17,19). The first-order valence-corrected chi connectivity index (χ1v) is 10.4. The number of piperidine rings is 1. The zero-order chi connectivity index (χ0) is 16.4. The van der Waals surface area contributed by atoms with Crippen LogP contribution in [0.15, 0.2) is 21.7 Å². The predicted molar refractivity (Wildman–Crippen MR) is 89.8 cm³/mol. The normalized spacial score (nSPS) is 29.5. The van der Waals surface area contributed by atoms with E-state index >= 15 is 0 Å². The lowest BCUT2D eigenvalue weighted by molar-refractivity contribution is -0.125. The SMILES string of the molecule is CC1CCNCC1NC(=O)C1CCCN1S(=O)(=O)c1cccs1. The van der Waals surface area contributed by atoms with Gasteiger partial charge in [0.05, 0.1) is 0 Å². The molecule has 0 spiro atoms. The Morgan fingerprint density at radius 1 is 1.43 bits per heavy atom. The summed E-state index contributed by atoms with van der Waals surface area (Å²) < 4.78 is 27.1. The monoisotopic (exact) mass is 357 g/mol. The lowest BCUT2D eigenvalue weighted by Gasteiger charge is -2.32. The van der Waals surface area contributed by atoms with E-state index in [1.807, 2.05) is 0 Å². The Labute approximate surface area is 141 Å². The molecule has 0 aromatic carbocycles. The molecule has 3 unspecified atom stereocenters. The average Bonchev–Trinajstić information content (AvgIpc) is 3.21. The van der Waals surface area contributed by atoms with Gasteiger partial charge in [-0.3, -0.25) is 4.79 Å². The maximum atomic E-state index is 12.7. The van der Waals surface area contributed by atoms with E-state index in [4.69, 9.17) is 0 Å². The van der Waals surface area contributed by atoms with E-state index in [1.165, 1.54) is 15.6 Å². The minimum absolute atomic E-state index is 0.0724. The van der Waals surface area contributed by atoms with Gasteiger partial charge in [0.2, 0.25) is 5.91 Å². The molecule has 3 heterocycles. The van der Waals surface area contributed by atoms with E-state index < -0.39 is 16.1 Å². The molecule has 0 radical (unpaired) electrons. The minimum atomic E-state index is -3.57. The summed E-state index contributed by atoms with van der Waals surface area (Å²) in [7, 11) is -3.57. The Balaban J connectivity index is 1.72. The number of hydrogen-bond acceptors (Lipinski definition) is 5. The molecule has 3 rings (SSSR count). The van der Waals surface area contributed by atoms with Crippen molar-refractivity contribution in [2.45, 2.75) is 42.5 Å². The molecular formula is C15H23N3O3S2. The van der Waals surface area contributed by atoms with Crippen LogP contribution >= 0.6 is 11.3 Å². The van der Waals surface area contributed by atoms with Gasteiger partial charge in [0, 0.05) is 19.1 Å². The maximum absolute atomic E-state index is 12.7. The molecule has 2 aliphatic heterocycles. The first-order chi connectivity index (χ1) is 11.0. The summed E-state index contributed by atoms with van der Waals surface area (Å²) in [4.78, 5) is 12.6. The zero-order valence-corrected chi connectivity index (χ0v) is 14.8. The Morgan fingerprint density at radius 3 is 2.96 bits per heavy atom. The largest absolute Gasteiger partial charge is 0.350 e. The van der Waals surface area contributed by atoms with E-state index in [0.29, 0.717) is 23.1 Å². The molecule has 2 N–H and O–H groups in total. The fraction of sp³-hybridized carbons (Fsp3) is 0.667. The molecule has 3 atom stereocenters. The van der Waals surface area contributed by atoms with Crippen molar-refractivity contribution in [3.8, 4) is 0 Å². The molecule has 2 aliphatic rings. The van der Waals surface area contributed by atoms with E-state index in [1.54, 1.807) is 17.5 Å². The number of carbonyl (C=O) groups is 1. The van der Waals surface area contributed by atoms with Crippen molar-refractivity contribution in [2.24, 2.45) is 5.92 Å². The highest BCUT2D eigenvalue weighted by atomic mass is 32.2. The topological polar surface area (TPSA) is 78.5 Å².